The second-order valence-electron chi connectivity index (χ2n) is 3.75. The van der Waals surface area contributed by atoms with Gasteiger partial charge in [0.1, 0.15) is 6.26 Å². The number of halogens is 1. The maximum Gasteiger partial charge on any atom is 0.338 e. The van der Waals surface area contributed by atoms with E-state index < -0.39 is 11.9 Å². The molecule has 0 bridgehead atoms. The third-order valence-corrected chi connectivity index (χ3v) is 3.05. The van der Waals surface area contributed by atoms with Crippen LogP contribution in [0.2, 0.25) is 0 Å². The molecular weight excluding hydrogens is 328 g/mol. The van der Waals surface area contributed by atoms with Crippen LogP contribution in [0.1, 0.15) is 27.8 Å². The number of rotatable bonds is 4. The van der Waals surface area contributed by atoms with Gasteiger partial charge in [-0.1, -0.05) is 5.16 Å². The fourth-order valence-electron chi connectivity index (χ4n) is 1.47. The molecule has 1 aromatic carbocycles. The summed E-state index contributed by atoms with van der Waals surface area (Å²) in [6.07, 6.45) is 1.31. The number of ether oxygens (including phenoxy) is 1. The van der Waals surface area contributed by atoms with E-state index in [0.717, 1.165) is 0 Å². The lowest BCUT2D eigenvalue weighted by Gasteiger charge is -2.07. The van der Waals surface area contributed by atoms with Crippen LogP contribution >= 0.6 is 15.9 Å². The van der Waals surface area contributed by atoms with Crippen LogP contribution in [0.4, 0.5) is 5.69 Å². The van der Waals surface area contributed by atoms with Crippen LogP contribution in [0, 0.1) is 0 Å². The van der Waals surface area contributed by atoms with Gasteiger partial charge in [0.05, 0.1) is 17.9 Å². The van der Waals surface area contributed by atoms with E-state index in [4.69, 9.17) is 4.74 Å². The van der Waals surface area contributed by atoms with Gasteiger partial charge < -0.3 is 14.6 Å². The molecule has 2 aromatic rings. The molecule has 1 N–H and O–H groups in total. The zero-order valence-electron chi connectivity index (χ0n) is 10.6. The molecule has 7 heteroatoms. The van der Waals surface area contributed by atoms with Gasteiger partial charge in [-0.25, -0.2) is 4.79 Å². The summed E-state index contributed by atoms with van der Waals surface area (Å²) in [4.78, 5) is 23.4. The van der Waals surface area contributed by atoms with Crippen molar-refractivity contribution in [2.75, 3.05) is 11.9 Å². The number of nitrogens with one attached hydrogen (secondary N) is 1. The molecule has 2 rings (SSSR count). The fraction of sp³-hybridized carbons (Fsp3) is 0.154. The van der Waals surface area contributed by atoms with E-state index in [2.05, 4.69) is 30.9 Å². The largest absolute Gasteiger partial charge is 0.462 e. The maximum atomic E-state index is 11.8. The summed E-state index contributed by atoms with van der Waals surface area (Å²) >= 11 is 3.29. The van der Waals surface area contributed by atoms with Crippen molar-refractivity contribution < 1.29 is 18.8 Å². The Kier molecular flexibility index (Phi) is 4.52. The van der Waals surface area contributed by atoms with Crippen LogP contribution in [0.3, 0.4) is 0 Å². The fourth-order valence-corrected chi connectivity index (χ4v) is 1.95. The predicted molar refractivity (Wildman–Crippen MR) is 74.6 cm³/mol. The molecule has 1 amide bonds. The van der Waals surface area contributed by atoms with Gasteiger partial charge in [-0.3, -0.25) is 4.79 Å². The highest BCUT2D eigenvalue weighted by atomic mass is 79.9. The predicted octanol–water partition coefficient (Wildman–Crippen LogP) is 2.87. The quantitative estimate of drug-likeness (QED) is 0.867. The van der Waals surface area contributed by atoms with E-state index in [9.17, 15) is 9.59 Å². The number of esters is 1. The molecule has 0 radical (unpaired) electrons. The third-order valence-electron chi connectivity index (χ3n) is 2.40. The van der Waals surface area contributed by atoms with Crippen LogP contribution in [-0.2, 0) is 4.74 Å². The van der Waals surface area contributed by atoms with Crippen LogP contribution in [-0.4, -0.2) is 23.6 Å². The Balaban J connectivity index is 2.14. The minimum Gasteiger partial charge on any atom is -0.462 e. The Hall–Kier alpha value is -2.15. The molecule has 0 unspecified atom stereocenters. The number of hydrogen-bond acceptors (Lipinski definition) is 5. The van der Waals surface area contributed by atoms with Crippen LogP contribution < -0.4 is 5.32 Å². The second-order valence-corrected chi connectivity index (χ2v) is 4.61. The SMILES string of the molecule is CCOC(=O)c1ccc(NC(=O)c2ccon2)c(Br)c1. The zero-order chi connectivity index (χ0) is 14.5. The average molecular weight is 339 g/mol. The Morgan fingerprint density at radius 3 is 2.80 bits per heavy atom. The second kappa shape index (κ2) is 6.33. The lowest BCUT2D eigenvalue weighted by atomic mass is 10.2. The lowest BCUT2D eigenvalue weighted by Crippen LogP contribution is -2.13. The number of aromatic nitrogens is 1. The summed E-state index contributed by atoms with van der Waals surface area (Å²) < 4.78 is 10.1. The van der Waals surface area contributed by atoms with Crippen LogP contribution in [0.15, 0.2) is 39.5 Å². The van der Waals surface area contributed by atoms with Gasteiger partial charge in [0.2, 0.25) is 0 Å². The number of anilines is 1. The van der Waals surface area contributed by atoms with Crippen molar-refractivity contribution in [2.45, 2.75) is 6.92 Å². The number of benzene rings is 1. The monoisotopic (exact) mass is 338 g/mol. The Morgan fingerprint density at radius 2 is 2.20 bits per heavy atom. The first kappa shape index (κ1) is 14.3. The van der Waals surface area contributed by atoms with E-state index in [1.54, 1.807) is 25.1 Å². The number of carbonyl (C=O) groups excluding carboxylic acids is 2. The van der Waals surface area contributed by atoms with Gasteiger partial charge in [0.15, 0.2) is 5.69 Å². The van der Waals surface area contributed by atoms with Crippen molar-refractivity contribution in [2.24, 2.45) is 0 Å². The Morgan fingerprint density at radius 1 is 1.40 bits per heavy atom. The molecule has 1 heterocycles. The number of hydrogen-bond donors (Lipinski definition) is 1. The molecule has 0 atom stereocenters. The molecule has 0 saturated heterocycles. The van der Waals surface area contributed by atoms with E-state index in [1.165, 1.54) is 12.3 Å². The molecule has 20 heavy (non-hydrogen) atoms. The van der Waals surface area contributed by atoms with E-state index in [0.29, 0.717) is 22.3 Å². The maximum absolute atomic E-state index is 11.8. The molecule has 0 aliphatic heterocycles. The Bertz CT molecular complexity index is 625. The van der Waals surface area contributed by atoms with Gasteiger partial charge in [-0.2, -0.15) is 0 Å². The van der Waals surface area contributed by atoms with Crippen molar-refractivity contribution in [3.8, 4) is 0 Å². The first-order valence-corrected chi connectivity index (χ1v) is 6.59. The smallest absolute Gasteiger partial charge is 0.338 e. The number of nitrogens with zero attached hydrogens (tertiary/aromatic N) is 1. The molecule has 0 saturated carbocycles. The summed E-state index contributed by atoms with van der Waals surface area (Å²) in [5.41, 5.74) is 1.09. The Labute approximate surface area is 123 Å². The highest BCUT2D eigenvalue weighted by Crippen LogP contribution is 2.24. The standard InChI is InChI=1S/C13H11BrN2O4/c1-2-19-13(18)8-3-4-10(9(14)7-8)15-12(17)11-5-6-20-16-11/h3-7H,2H2,1H3,(H,15,17). The third kappa shape index (κ3) is 3.24. The molecule has 0 aliphatic rings. The molecule has 104 valence electrons. The molecule has 0 spiro atoms. The van der Waals surface area contributed by atoms with E-state index >= 15 is 0 Å². The zero-order valence-corrected chi connectivity index (χ0v) is 12.1. The van der Waals surface area contributed by atoms with Crippen molar-refractivity contribution >= 4 is 33.5 Å². The number of carbonyl (C=O) groups is 2. The summed E-state index contributed by atoms with van der Waals surface area (Å²) in [5.74, 6) is -0.814. The summed E-state index contributed by atoms with van der Waals surface area (Å²) in [6.45, 7) is 2.04. The average Bonchev–Trinajstić information content (AvgIpc) is 2.95. The summed E-state index contributed by atoms with van der Waals surface area (Å²) in [5, 5.41) is 6.19. The van der Waals surface area contributed by atoms with Crippen molar-refractivity contribution in [3.05, 3.63) is 46.3 Å². The van der Waals surface area contributed by atoms with Gasteiger partial charge in [-0.15, -0.1) is 0 Å². The van der Waals surface area contributed by atoms with E-state index in [1.807, 2.05) is 0 Å². The highest BCUT2D eigenvalue weighted by molar-refractivity contribution is 9.10. The minimum absolute atomic E-state index is 0.173. The number of amides is 1. The van der Waals surface area contributed by atoms with Crippen LogP contribution in [0.25, 0.3) is 0 Å². The molecule has 6 nitrogen and oxygen atoms in total. The van der Waals surface area contributed by atoms with Crippen molar-refractivity contribution in [1.29, 1.82) is 0 Å². The lowest BCUT2D eigenvalue weighted by molar-refractivity contribution is 0.0526. The van der Waals surface area contributed by atoms with E-state index in [-0.39, 0.29) is 5.69 Å². The van der Waals surface area contributed by atoms with Gasteiger partial charge >= 0.3 is 5.97 Å². The molecule has 0 fully saturated rings. The van der Waals surface area contributed by atoms with Gasteiger partial charge in [0.25, 0.3) is 5.91 Å². The van der Waals surface area contributed by atoms with Gasteiger partial charge in [-0.05, 0) is 41.1 Å². The molecule has 0 aliphatic carbocycles. The first-order chi connectivity index (χ1) is 9.61. The normalized spacial score (nSPS) is 10.1. The first-order valence-electron chi connectivity index (χ1n) is 5.80. The topological polar surface area (TPSA) is 81.4 Å². The van der Waals surface area contributed by atoms with Crippen molar-refractivity contribution in [3.63, 3.8) is 0 Å². The molecule has 1 aromatic heterocycles. The summed E-state index contributed by atoms with van der Waals surface area (Å²) in [6, 6.07) is 6.21. The van der Waals surface area contributed by atoms with Gasteiger partial charge in [0, 0.05) is 10.5 Å². The summed E-state index contributed by atoms with van der Waals surface area (Å²) in [7, 11) is 0. The van der Waals surface area contributed by atoms with Crippen LogP contribution in [0.5, 0.6) is 0 Å². The molecular formula is C13H11BrN2O4. The highest BCUT2D eigenvalue weighted by Gasteiger charge is 2.13. The minimum atomic E-state index is -0.414. The van der Waals surface area contributed by atoms with Crippen molar-refractivity contribution in [1.82, 2.24) is 5.16 Å².